The Bertz CT molecular complexity index is 1920. The molecule has 3 fully saturated rings. The molecule has 2 bridgehead atoms. The van der Waals surface area contributed by atoms with Gasteiger partial charge in [-0.3, -0.25) is 19.3 Å². The maximum Gasteiger partial charge on any atom is 0.352 e. The molecule has 5 heterocycles. The molecule has 17 nitrogen and oxygen atoms in total. The van der Waals surface area contributed by atoms with Crippen molar-refractivity contribution in [2.24, 2.45) is 5.16 Å². The van der Waals surface area contributed by atoms with Gasteiger partial charge in [-0.2, -0.15) is 0 Å². The molecule has 6 atom stereocenters. The van der Waals surface area contributed by atoms with Crippen LogP contribution in [-0.4, -0.2) is 125 Å². The number of hydrogen-bond acceptors (Lipinski definition) is 13. The number of phenols is 2. The molecule has 0 saturated carbocycles. The number of phenolic OH excluding ortho intramolecular Hbond substituents is 2. The van der Waals surface area contributed by atoms with Crippen LogP contribution in [0.5, 0.6) is 11.5 Å². The number of aromatic nitrogens is 1. The lowest BCUT2D eigenvalue weighted by Crippen LogP contribution is -2.71. The van der Waals surface area contributed by atoms with Gasteiger partial charge in [-0.1, -0.05) is 16.8 Å². The van der Waals surface area contributed by atoms with Gasteiger partial charge in [-0.05, 0) is 26.0 Å². The number of thiazole rings is 1. The molecular weight excluding hydrogens is 742 g/mol. The summed E-state index contributed by atoms with van der Waals surface area (Å²) in [6.45, 7) is 2.85. The number of carbonyl (C=O) groups excluding carboxylic acids is 3. The maximum absolute atomic E-state index is 13.5. The van der Waals surface area contributed by atoms with Crippen LogP contribution in [0.25, 0.3) is 0 Å². The molecule has 0 aliphatic carbocycles. The van der Waals surface area contributed by atoms with Crippen molar-refractivity contribution in [2.75, 3.05) is 25.1 Å². The first kappa shape index (κ1) is 37.2. The number of quaternary nitrogens is 1. The van der Waals surface area contributed by atoms with Crippen LogP contribution in [0.2, 0.25) is 5.02 Å². The van der Waals surface area contributed by atoms with Crippen LogP contribution in [0.3, 0.4) is 0 Å². The Morgan fingerprint density at radius 1 is 1.15 bits per heavy atom. The molecule has 0 spiro atoms. The number of thioether (sulfide) groups is 1. The second kappa shape index (κ2) is 13.8. The SMILES string of the molecule is CC(C)(O/N=C(\C(=O)N[C@@H]1C(=O)N2C(C(=O)O)=C(C[N+]3(C)[C@@H]4CC[C@H]3C[C@@H](NC(=O)c3ccc(O)c(O)c3Cl)C4)CS[C@H]12)c1csc(N)n1)C(=O)O. The van der Waals surface area contributed by atoms with E-state index in [0.29, 0.717) is 29.4 Å². The predicted octanol–water partition coefficient (Wildman–Crippen LogP) is 1.68. The third-order valence-electron chi connectivity index (χ3n) is 10.2. The summed E-state index contributed by atoms with van der Waals surface area (Å²) in [6.07, 6.45) is 2.95. The number of carboxylic acids is 2. The standard InChI is InChI=1S/C32H36ClN7O10S2/c1-32(2,30(48)49)50-38-21(18-12-52-31(34)36-18)26(44)37-22-27(45)39-23(29(46)47)13(11-51-28(22)39)10-40(3)15-4-5-16(40)9-14(8-15)35-25(43)17-6-7-19(41)24(42)20(17)33/h6-7,12,14-16,22,28H,4-5,8-11H2,1-3H3,(H7-,34,35,36,37,38,41,42,43,44,46,47,48,49)/p+1/t14-,15+,16-,22-,28-,40?/m1/s1. The Hall–Kier alpha value is -4.59. The number of aromatic hydroxyl groups is 2. The highest BCUT2D eigenvalue weighted by atomic mass is 35.5. The molecule has 1 aromatic heterocycles. The Balaban J connectivity index is 1.16. The number of nitrogens with two attached hydrogens (primary N) is 1. The monoisotopic (exact) mass is 778 g/mol. The Labute approximate surface area is 310 Å². The van der Waals surface area contributed by atoms with E-state index >= 15 is 0 Å². The van der Waals surface area contributed by atoms with Crippen molar-refractivity contribution in [1.82, 2.24) is 20.5 Å². The molecular formula is C32H37ClN7O10S2+. The highest BCUT2D eigenvalue weighted by molar-refractivity contribution is 8.00. The Morgan fingerprint density at radius 3 is 2.42 bits per heavy atom. The number of likely N-dealkylation sites (N-methyl/N-ethyl adjacent to an activating group) is 1. The zero-order chi connectivity index (χ0) is 37.9. The number of anilines is 1. The van der Waals surface area contributed by atoms with Gasteiger partial charge in [0.15, 0.2) is 22.3 Å². The van der Waals surface area contributed by atoms with Crippen molar-refractivity contribution in [3.05, 3.63) is 45.1 Å². The average Bonchev–Trinajstić information content (AvgIpc) is 3.54. The lowest BCUT2D eigenvalue weighted by Gasteiger charge is -2.52. The number of halogens is 1. The molecule has 4 aliphatic rings. The number of oxime groups is 1. The second-order valence-electron chi connectivity index (χ2n) is 13.9. The smallest absolute Gasteiger partial charge is 0.352 e. The van der Waals surface area contributed by atoms with Gasteiger partial charge in [0.25, 0.3) is 17.7 Å². The fraction of sp³-hybridized carbons (Fsp3) is 0.469. The first-order valence-corrected chi connectivity index (χ1v) is 18.5. The zero-order valence-corrected chi connectivity index (χ0v) is 30.5. The highest BCUT2D eigenvalue weighted by Gasteiger charge is 2.57. The van der Waals surface area contributed by atoms with Crippen molar-refractivity contribution in [3.8, 4) is 11.5 Å². The molecule has 278 valence electrons. The van der Waals surface area contributed by atoms with Gasteiger partial charge in [0, 0.05) is 48.4 Å². The highest BCUT2D eigenvalue weighted by Crippen LogP contribution is 2.46. The molecule has 8 N–H and O–H groups in total. The first-order valence-electron chi connectivity index (χ1n) is 16.2. The summed E-state index contributed by atoms with van der Waals surface area (Å²) in [6, 6.07) is 1.40. The minimum absolute atomic E-state index is 0.00731. The lowest BCUT2D eigenvalue weighted by atomic mass is 9.92. The van der Waals surface area contributed by atoms with E-state index in [1.807, 2.05) is 0 Å². The van der Waals surface area contributed by atoms with Crippen molar-refractivity contribution >= 4 is 75.2 Å². The maximum atomic E-state index is 13.5. The van der Waals surface area contributed by atoms with Gasteiger partial charge < -0.3 is 46.1 Å². The van der Waals surface area contributed by atoms with Crippen LogP contribution in [-0.2, 0) is 24.0 Å². The molecule has 1 aromatic carbocycles. The minimum atomic E-state index is -1.79. The van der Waals surface area contributed by atoms with E-state index in [9.17, 15) is 44.4 Å². The van der Waals surface area contributed by atoms with Crippen molar-refractivity contribution < 1.29 is 53.7 Å². The summed E-state index contributed by atoms with van der Waals surface area (Å²) in [5.74, 6) is -5.30. The van der Waals surface area contributed by atoms with Gasteiger partial charge in [0.05, 0.1) is 29.7 Å². The number of amides is 3. The van der Waals surface area contributed by atoms with Crippen LogP contribution in [0.15, 0.2) is 33.9 Å². The van der Waals surface area contributed by atoms with Crippen LogP contribution < -0.4 is 16.4 Å². The number of rotatable bonds is 11. The molecule has 20 heteroatoms. The third kappa shape index (κ3) is 6.61. The number of carboxylic acid groups (broad SMARTS) is 2. The van der Waals surface area contributed by atoms with Gasteiger partial charge in [0.1, 0.15) is 29.4 Å². The normalized spacial score (nSPS) is 27.1. The summed E-state index contributed by atoms with van der Waals surface area (Å²) >= 11 is 8.44. The summed E-state index contributed by atoms with van der Waals surface area (Å²) < 4.78 is 0.538. The third-order valence-corrected chi connectivity index (χ3v) is 12.6. The molecule has 2 aromatic rings. The van der Waals surface area contributed by atoms with E-state index < -0.39 is 63.9 Å². The number of nitrogens with one attached hydrogen (secondary N) is 2. The number of β-lactam (4-membered cyclic amide) rings is 1. The summed E-state index contributed by atoms with van der Waals surface area (Å²) in [7, 11) is 2.07. The number of nitrogen functional groups attached to an aromatic ring is 1. The number of benzene rings is 1. The minimum Gasteiger partial charge on any atom is -0.504 e. The zero-order valence-electron chi connectivity index (χ0n) is 28.2. The molecule has 3 amide bonds. The van der Waals surface area contributed by atoms with Crippen molar-refractivity contribution in [2.45, 2.75) is 74.7 Å². The topological polar surface area (TPSA) is 254 Å². The largest absolute Gasteiger partial charge is 0.504 e. The van der Waals surface area contributed by atoms with E-state index in [1.165, 1.54) is 48.0 Å². The van der Waals surface area contributed by atoms with E-state index in [4.69, 9.17) is 22.2 Å². The molecule has 52 heavy (non-hydrogen) atoms. The van der Waals surface area contributed by atoms with Gasteiger partial charge in [0.2, 0.25) is 5.60 Å². The molecule has 6 rings (SSSR count). The summed E-state index contributed by atoms with van der Waals surface area (Å²) in [5, 5.41) is 49.4. The number of carbonyl (C=O) groups is 5. The van der Waals surface area contributed by atoms with Crippen molar-refractivity contribution in [1.29, 1.82) is 0 Å². The van der Waals surface area contributed by atoms with E-state index in [-0.39, 0.29) is 51.0 Å². The average molecular weight is 779 g/mol. The second-order valence-corrected chi connectivity index (χ2v) is 16.2. The fourth-order valence-electron chi connectivity index (χ4n) is 7.34. The predicted molar refractivity (Wildman–Crippen MR) is 189 cm³/mol. The number of piperidine rings is 1. The van der Waals surface area contributed by atoms with Gasteiger partial charge in [-0.15, -0.1) is 23.1 Å². The fourth-order valence-corrected chi connectivity index (χ4v) is 9.47. The first-order chi connectivity index (χ1) is 24.4. The molecule has 1 unspecified atom stereocenters. The summed E-state index contributed by atoms with van der Waals surface area (Å²) in [4.78, 5) is 74.7. The van der Waals surface area contributed by atoms with Gasteiger partial charge >= 0.3 is 11.9 Å². The molecule has 4 aliphatic heterocycles. The van der Waals surface area contributed by atoms with E-state index in [0.717, 1.165) is 24.2 Å². The van der Waals surface area contributed by atoms with Crippen LogP contribution in [0, 0.1) is 0 Å². The number of hydrogen-bond donors (Lipinski definition) is 7. The Morgan fingerprint density at radius 2 is 1.83 bits per heavy atom. The van der Waals surface area contributed by atoms with E-state index in [1.54, 1.807) is 0 Å². The lowest BCUT2D eigenvalue weighted by molar-refractivity contribution is -0.944. The number of aliphatic carboxylic acids is 2. The van der Waals surface area contributed by atoms with Crippen LogP contribution in [0.1, 0.15) is 55.6 Å². The summed E-state index contributed by atoms with van der Waals surface area (Å²) in [5.41, 5.74) is 4.05. The van der Waals surface area contributed by atoms with E-state index in [2.05, 4.69) is 27.8 Å². The quantitative estimate of drug-likeness (QED) is 0.0565. The van der Waals surface area contributed by atoms with Crippen molar-refractivity contribution in [3.63, 3.8) is 0 Å². The number of fused-ring (bicyclic) bond motifs is 3. The number of nitrogens with zero attached hydrogens (tertiary/aromatic N) is 4. The molecule has 0 radical (unpaired) electrons. The van der Waals surface area contributed by atoms with Gasteiger partial charge in [-0.25, -0.2) is 14.6 Å². The van der Waals surface area contributed by atoms with Crippen LogP contribution in [0.4, 0.5) is 5.13 Å². The van der Waals surface area contributed by atoms with Crippen LogP contribution >= 0.6 is 34.7 Å². The Kier molecular flexibility index (Phi) is 9.83. The molecule has 3 saturated heterocycles.